The summed E-state index contributed by atoms with van der Waals surface area (Å²) in [7, 11) is 0. The molecule has 1 aromatic carbocycles. The predicted octanol–water partition coefficient (Wildman–Crippen LogP) is 3.47. The Labute approximate surface area is 95.3 Å². The molecule has 0 saturated carbocycles. The summed E-state index contributed by atoms with van der Waals surface area (Å²) in [4.78, 5) is 10.8. The molecule has 1 rings (SSSR count). The second kappa shape index (κ2) is 4.52. The van der Waals surface area contributed by atoms with Crippen molar-refractivity contribution in [3.8, 4) is 0 Å². The Balaban J connectivity index is 3.10. The molecule has 17 heavy (non-hydrogen) atoms. The molecule has 0 aliphatic rings. The lowest BCUT2D eigenvalue weighted by Crippen LogP contribution is -2.30. The molecular formula is C10H10F3N3O. The monoisotopic (exact) mass is 245 g/mol. The molecule has 2 N–H and O–H groups in total. The Bertz CT molecular complexity index is 469. The van der Waals surface area contributed by atoms with E-state index in [1.165, 1.54) is 12.1 Å². The SMILES string of the molecule is Cc1cc(N=N)c(NC(=O)C(F)(F)F)cc1C. The predicted molar refractivity (Wildman–Crippen MR) is 55.4 cm³/mol. The second-order valence-corrected chi connectivity index (χ2v) is 3.52. The van der Waals surface area contributed by atoms with E-state index < -0.39 is 12.1 Å². The fourth-order valence-corrected chi connectivity index (χ4v) is 1.19. The van der Waals surface area contributed by atoms with Crippen molar-refractivity contribution >= 4 is 17.3 Å². The number of nitrogens with zero attached hydrogens (tertiary/aromatic N) is 1. The molecule has 0 radical (unpaired) electrons. The third-order valence-electron chi connectivity index (χ3n) is 2.24. The first kappa shape index (κ1) is 13.1. The van der Waals surface area contributed by atoms with Crippen molar-refractivity contribution in [3.63, 3.8) is 0 Å². The molecule has 7 heteroatoms. The van der Waals surface area contributed by atoms with Gasteiger partial charge in [-0.3, -0.25) is 4.79 Å². The van der Waals surface area contributed by atoms with E-state index >= 15 is 0 Å². The lowest BCUT2D eigenvalue weighted by atomic mass is 10.1. The number of carbonyl (C=O) groups is 1. The maximum Gasteiger partial charge on any atom is 0.471 e. The summed E-state index contributed by atoms with van der Waals surface area (Å²) in [6.07, 6.45) is -4.96. The van der Waals surface area contributed by atoms with Crippen molar-refractivity contribution in [2.75, 3.05) is 5.32 Å². The van der Waals surface area contributed by atoms with Crippen LogP contribution in [-0.4, -0.2) is 12.1 Å². The molecular weight excluding hydrogens is 235 g/mol. The van der Waals surface area contributed by atoms with Gasteiger partial charge >= 0.3 is 12.1 Å². The van der Waals surface area contributed by atoms with E-state index in [2.05, 4.69) is 5.11 Å². The van der Waals surface area contributed by atoms with Gasteiger partial charge in [-0.25, -0.2) is 5.53 Å². The number of nitrogens with one attached hydrogen (secondary N) is 2. The van der Waals surface area contributed by atoms with Gasteiger partial charge in [0.05, 0.1) is 5.69 Å². The summed E-state index contributed by atoms with van der Waals surface area (Å²) < 4.78 is 36.2. The zero-order valence-corrected chi connectivity index (χ0v) is 9.14. The van der Waals surface area contributed by atoms with Crippen molar-refractivity contribution in [3.05, 3.63) is 23.3 Å². The highest BCUT2D eigenvalue weighted by Crippen LogP contribution is 2.29. The molecule has 0 saturated heterocycles. The van der Waals surface area contributed by atoms with Gasteiger partial charge in [0.2, 0.25) is 0 Å². The maximum absolute atomic E-state index is 12.1. The number of hydrogen-bond donors (Lipinski definition) is 2. The molecule has 0 spiro atoms. The standard InChI is InChI=1S/C10H10F3N3O/c1-5-3-7(8(16-14)4-6(5)2)15-9(17)10(11,12)13/h3-4,14H,1-2H3,(H,15,17). The Hall–Kier alpha value is -1.92. The van der Waals surface area contributed by atoms with E-state index in [1.807, 2.05) is 0 Å². The van der Waals surface area contributed by atoms with Crippen LogP contribution in [0.2, 0.25) is 0 Å². The third kappa shape index (κ3) is 3.02. The van der Waals surface area contributed by atoms with E-state index in [0.717, 1.165) is 5.56 Å². The molecule has 0 aromatic heterocycles. The van der Waals surface area contributed by atoms with Gasteiger partial charge in [0.1, 0.15) is 5.69 Å². The first-order valence-corrected chi connectivity index (χ1v) is 4.62. The summed E-state index contributed by atoms with van der Waals surface area (Å²) in [5, 5.41) is 4.77. The molecule has 92 valence electrons. The fourth-order valence-electron chi connectivity index (χ4n) is 1.19. The van der Waals surface area contributed by atoms with Crippen LogP contribution in [0.3, 0.4) is 0 Å². The van der Waals surface area contributed by atoms with Crippen molar-refractivity contribution in [1.29, 1.82) is 5.53 Å². The average molecular weight is 245 g/mol. The molecule has 0 aliphatic carbocycles. The van der Waals surface area contributed by atoms with Crippen molar-refractivity contribution in [1.82, 2.24) is 0 Å². The van der Waals surface area contributed by atoms with E-state index in [0.29, 0.717) is 5.56 Å². The topological polar surface area (TPSA) is 65.3 Å². The van der Waals surface area contributed by atoms with Gasteiger partial charge in [0, 0.05) is 0 Å². The Morgan fingerprint density at radius 2 is 1.82 bits per heavy atom. The van der Waals surface area contributed by atoms with Gasteiger partial charge in [-0.15, -0.1) is 0 Å². The number of aryl methyl sites for hydroxylation is 2. The van der Waals surface area contributed by atoms with Gasteiger partial charge in [0.25, 0.3) is 0 Å². The maximum atomic E-state index is 12.1. The molecule has 4 nitrogen and oxygen atoms in total. The lowest BCUT2D eigenvalue weighted by Gasteiger charge is -2.11. The summed E-state index contributed by atoms with van der Waals surface area (Å²) in [6.45, 7) is 3.42. The van der Waals surface area contributed by atoms with Crippen LogP contribution in [0.5, 0.6) is 0 Å². The molecule has 0 heterocycles. The average Bonchev–Trinajstić information content (AvgIpc) is 2.21. The van der Waals surface area contributed by atoms with Gasteiger partial charge in [-0.1, -0.05) is 0 Å². The minimum absolute atomic E-state index is 0.00861. The van der Waals surface area contributed by atoms with Crippen LogP contribution in [0.4, 0.5) is 24.5 Å². The highest BCUT2D eigenvalue weighted by molar-refractivity contribution is 5.97. The van der Waals surface area contributed by atoms with E-state index in [1.54, 1.807) is 19.2 Å². The number of rotatable bonds is 2. The number of anilines is 1. The smallest absolute Gasteiger partial charge is 0.316 e. The van der Waals surface area contributed by atoms with Gasteiger partial charge in [-0.05, 0) is 37.1 Å². The first-order chi connectivity index (χ1) is 7.75. The largest absolute Gasteiger partial charge is 0.471 e. The number of halogens is 3. The highest BCUT2D eigenvalue weighted by Gasteiger charge is 2.39. The van der Waals surface area contributed by atoms with Gasteiger partial charge in [0.15, 0.2) is 0 Å². The lowest BCUT2D eigenvalue weighted by molar-refractivity contribution is -0.167. The molecule has 1 amide bonds. The minimum atomic E-state index is -4.96. The van der Waals surface area contributed by atoms with Crippen LogP contribution >= 0.6 is 0 Å². The zero-order chi connectivity index (χ0) is 13.2. The first-order valence-electron chi connectivity index (χ1n) is 4.62. The van der Waals surface area contributed by atoms with Crippen molar-refractivity contribution < 1.29 is 18.0 Å². The second-order valence-electron chi connectivity index (χ2n) is 3.52. The van der Waals surface area contributed by atoms with Crippen LogP contribution in [0.1, 0.15) is 11.1 Å². The summed E-state index contributed by atoms with van der Waals surface area (Å²) >= 11 is 0. The molecule has 1 aromatic rings. The number of hydrogen-bond acceptors (Lipinski definition) is 3. The summed E-state index contributed by atoms with van der Waals surface area (Å²) in [6, 6.07) is 2.79. The quantitative estimate of drug-likeness (QED) is 0.770. The summed E-state index contributed by atoms with van der Waals surface area (Å²) in [5.41, 5.74) is 8.20. The Morgan fingerprint density at radius 1 is 1.29 bits per heavy atom. The number of carbonyl (C=O) groups excluding carboxylic acids is 1. The van der Waals surface area contributed by atoms with Crippen molar-refractivity contribution in [2.24, 2.45) is 5.11 Å². The fraction of sp³-hybridized carbons (Fsp3) is 0.300. The van der Waals surface area contributed by atoms with Crippen LogP contribution in [0, 0.1) is 19.4 Å². The molecule has 0 fully saturated rings. The molecule has 0 unspecified atom stereocenters. The molecule has 0 atom stereocenters. The van der Waals surface area contributed by atoms with Crippen LogP contribution < -0.4 is 5.32 Å². The number of benzene rings is 1. The van der Waals surface area contributed by atoms with Crippen LogP contribution in [0.25, 0.3) is 0 Å². The Morgan fingerprint density at radius 3 is 2.29 bits per heavy atom. The summed E-state index contributed by atoms with van der Waals surface area (Å²) in [5.74, 6) is -2.08. The normalized spacial score (nSPS) is 11.1. The van der Waals surface area contributed by atoms with E-state index in [9.17, 15) is 18.0 Å². The van der Waals surface area contributed by atoms with Gasteiger partial charge < -0.3 is 5.32 Å². The highest BCUT2D eigenvalue weighted by atomic mass is 19.4. The number of alkyl halides is 3. The van der Waals surface area contributed by atoms with Gasteiger partial charge in [-0.2, -0.15) is 18.3 Å². The van der Waals surface area contributed by atoms with E-state index in [4.69, 9.17) is 5.53 Å². The van der Waals surface area contributed by atoms with Crippen molar-refractivity contribution in [2.45, 2.75) is 20.0 Å². The van der Waals surface area contributed by atoms with E-state index in [-0.39, 0.29) is 11.4 Å². The minimum Gasteiger partial charge on any atom is -0.316 e. The van der Waals surface area contributed by atoms with Crippen LogP contribution in [-0.2, 0) is 4.79 Å². The Kier molecular flexibility index (Phi) is 3.50. The zero-order valence-electron chi connectivity index (χ0n) is 9.14. The van der Waals surface area contributed by atoms with Crippen LogP contribution in [0.15, 0.2) is 17.2 Å². The molecule has 0 bridgehead atoms. The third-order valence-corrected chi connectivity index (χ3v) is 2.24. The number of amides is 1. The molecule has 0 aliphatic heterocycles.